The zero-order valence-corrected chi connectivity index (χ0v) is 19.3. The summed E-state index contributed by atoms with van der Waals surface area (Å²) < 4.78 is 0. The quantitative estimate of drug-likeness (QED) is 0.646. The fraction of sp³-hybridized carbons (Fsp3) is 0.417. The lowest BCUT2D eigenvalue weighted by Gasteiger charge is -2.21. The summed E-state index contributed by atoms with van der Waals surface area (Å²) >= 11 is 1.53. The van der Waals surface area contributed by atoms with E-state index >= 15 is 0 Å². The van der Waals surface area contributed by atoms with Gasteiger partial charge in [0.1, 0.15) is 0 Å². The molecular weight excluding hydrogens is 380 g/mol. The SMILES string of the molecule is Cc1ccc(C(C)(C)C)cc1S[C@H](C)C(=O)NCC(=O)Nc1c(C)cccc1C. The topological polar surface area (TPSA) is 58.2 Å². The van der Waals surface area contributed by atoms with Crippen molar-refractivity contribution in [1.29, 1.82) is 0 Å². The summed E-state index contributed by atoms with van der Waals surface area (Å²) in [6.07, 6.45) is 0. The van der Waals surface area contributed by atoms with Crippen molar-refractivity contribution in [3.05, 3.63) is 58.7 Å². The summed E-state index contributed by atoms with van der Waals surface area (Å²) in [6.45, 7) is 14.3. The predicted octanol–water partition coefficient (Wildman–Crippen LogP) is 5.14. The van der Waals surface area contributed by atoms with Crippen LogP contribution in [0.1, 0.15) is 49.9 Å². The van der Waals surface area contributed by atoms with Crippen LogP contribution in [0.15, 0.2) is 41.3 Å². The first-order chi connectivity index (χ1) is 13.5. The van der Waals surface area contributed by atoms with Gasteiger partial charge in [-0.05, 0) is 61.4 Å². The van der Waals surface area contributed by atoms with E-state index in [0.717, 1.165) is 27.3 Å². The molecule has 2 aromatic carbocycles. The second-order valence-electron chi connectivity index (χ2n) is 8.52. The highest BCUT2D eigenvalue weighted by atomic mass is 32.2. The van der Waals surface area contributed by atoms with Crippen LogP contribution in [0.25, 0.3) is 0 Å². The Balaban J connectivity index is 1.95. The molecule has 0 fully saturated rings. The minimum absolute atomic E-state index is 0.0431. The number of nitrogens with one attached hydrogen (secondary N) is 2. The van der Waals surface area contributed by atoms with Crippen molar-refractivity contribution in [2.75, 3.05) is 11.9 Å². The van der Waals surface area contributed by atoms with E-state index in [2.05, 4.69) is 56.5 Å². The molecule has 156 valence electrons. The van der Waals surface area contributed by atoms with Gasteiger partial charge in [0, 0.05) is 10.6 Å². The molecule has 2 aromatic rings. The number of carbonyl (C=O) groups excluding carboxylic acids is 2. The van der Waals surface area contributed by atoms with Crippen molar-refractivity contribution < 1.29 is 9.59 Å². The van der Waals surface area contributed by atoms with Crippen molar-refractivity contribution in [3.63, 3.8) is 0 Å². The summed E-state index contributed by atoms with van der Waals surface area (Å²) in [5.41, 5.74) is 5.26. The molecule has 0 saturated carbocycles. The second-order valence-corrected chi connectivity index (χ2v) is 9.91. The third-order valence-electron chi connectivity index (χ3n) is 4.90. The monoisotopic (exact) mass is 412 g/mol. The fourth-order valence-corrected chi connectivity index (χ4v) is 3.96. The van der Waals surface area contributed by atoms with Crippen LogP contribution in [0.3, 0.4) is 0 Å². The highest BCUT2D eigenvalue weighted by molar-refractivity contribution is 8.00. The minimum atomic E-state index is -0.295. The molecule has 2 N–H and O–H groups in total. The number of carbonyl (C=O) groups is 2. The summed E-state index contributed by atoms with van der Waals surface area (Å²) in [7, 11) is 0. The number of aryl methyl sites for hydroxylation is 3. The summed E-state index contributed by atoms with van der Waals surface area (Å²) in [6, 6.07) is 12.3. The van der Waals surface area contributed by atoms with Gasteiger partial charge in [0.2, 0.25) is 11.8 Å². The maximum atomic E-state index is 12.5. The Kier molecular flexibility index (Phi) is 7.53. The van der Waals surface area contributed by atoms with E-state index in [9.17, 15) is 9.59 Å². The molecule has 5 heteroatoms. The summed E-state index contributed by atoms with van der Waals surface area (Å²) in [4.78, 5) is 25.9. The van der Waals surface area contributed by atoms with Gasteiger partial charge in [-0.2, -0.15) is 0 Å². The van der Waals surface area contributed by atoms with Crippen LogP contribution in [0.4, 0.5) is 5.69 Å². The van der Waals surface area contributed by atoms with Crippen molar-refractivity contribution in [3.8, 4) is 0 Å². The van der Waals surface area contributed by atoms with Crippen LogP contribution in [-0.2, 0) is 15.0 Å². The largest absolute Gasteiger partial charge is 0.346 e. The van der Waals surface area contributed by atoms with Crippen molar-refractivity contribution in [2.24, 2.45) is 0 Å². The van der Waals surface area contributed by atoms with Crippen molar-refractivity contribution >= 4 is 29.3 Å². The standard InChI is InChI=1S/C24H32N2O2S/c1-15-11-12-19(24(5,6)7)13-20(15)29-18(4)23(28)25-14-21(27)26-22-16(2)9-8-10-17(22)3/h8-13,18H,14H2,1-7H3,(H,25,28)(H,26,27)/t18-/m1/s1. The average Bonchev–Trinajstić information content (AvgIpc) is 2.63. The van der Waals surface area contributed by atoms with E-state index < -0.39 is 0 Å². The molecule has 0 spiro atoms. The number of para-hydroxylation sites is 1. The zero-order chi connectivity index (χ0) is 21.8. The van der Waals surface area contributed by atoms with E-state index in [1.54, 1.807) is 0 Å². The predicted molar refractivity (Wildman–Crippen MR) is 123 cm³/mol. The summed E-state index contributed by atoms with van der Waals surface area (Å²) in [5, 5.41) is 5.35. The Morgan fingerprint density at radius 3 is 2.21 bits per heavy atom. The van der Waals surface area contributed by atoms with E-state index in [4.69, 9.17) is 0 Å². The van der Waals surface area contributed by atoms with Gasteiger partial charge in [-0.3, -0.25) is 9.59 Å². The fourth-order valence-electron chi connectivity index (χ4n) is 2.94. The molecule has 2 amide bonds. The average molecular weight is 413 g/mol. The third-order valence-corrected chi connectivity index (χ3v) is 6.16. The van der Waals surface area contributed by atoms with Gasteiger partial charge in [-0.15, -0.1) is 11.8 Å². The first kappa shape index (κ1) is 23.0. The van der Waals surface area contributed by atoms with Gasteiger partial charge in [0.25, 0.3) is 0 Å². The molecule has 0 aromatic heterocycles. The molecule has 0 aliphatic carbocycles. The maximum Gasteiger partial charge on any atom is 0.243 e. The Morgan fingerprint density at radius 2 is 1.62 bits per heavy atom. The van der Waals surface area contributed by atoms with Gasteiger partial charge in [0.15, 0.2) is 0 Å². The summed E-state index contributed by atoms with van der Waals surface area (Å²) in [5.74, 6) is -0.369. The van der Waals surface area contributed by atoms with Crippen LogP contribution < -0.4 is 10.6 Å². The molecule has 0 radical (unpaired) electrons. The molecule has 1 atom stereocenters. The van der Waals surface area contributed by atoms with Crippen LogP contribution in [0.2, 0.25) is 0 Å². The number of hydrogen-bond acceptors (Lipinski definition) is 3. The minimum Gasteiger partial charge on any atom is -0.346 e. The van der Waals surface area contributed by atoms with E-state index in [0.29, 0.717) is 0 Å². The van der Waals surface area contributed by atoms with Crippen molar-refractivity contribution in [2.45, 2.75) is 64.0 Å². The Hall–Kier alpha value is -2.27. The van der Waals surface area contributed by atoms with E-state index in [-0.39, 0.29) is 29.0 Å². The first-order valence-corrected chi connectivity index (χ1v) is 10.8. The van der Waals surface area contributed by atoms with Gasteiger partial charge in [-0.1, -0.05) is 51.1 Å². The number of thioether (sulfide) groups is 1. The highest BCUT2D eigenvalue weighted by Crippen LogP contribution is 2.32. The number of benzene rings is 2. The zero-order valence-electron chi connectivity index (χ0n) is 18.5. The number of rotatable bonds is 6. The molecule has 29 heavy (non-hydrogen) atoms. The van der Waals surface area contributed by atoms with Gasteiger partial charge < -0.3 is 10.6 Å². The molecule has 0 heterocycles. The third kappa shape index (κ3) is 6.36. The molecule has 0 bridgehead atoms. The van der Waals surface area contributed by atoms with Crippen LogP contribution in [-0.4, -0.2) is 23.6 Å². The molecule has 0 unspecified atom stereocenters. The van der Waals surface area contributed by atoms with Crippen LogP contribution in [0.5, 0.6) is 0 Å². The highest BCUT2D eigenvalue weighted by Gasteiger charge is 2.19. The number of hydrogen-bond donors (Lipinski definition) is 2. The lowest BCUT2D eigenvalue weighted by Crippen LogP contribution is -2.37. The second kappa shape index (κ2) is 9.49. The van der Waals surface area contributed by atoms with Crippen molar-refractivity contribution in [1.82, 2.24) is 5.32 Å². The smallest absolute Gasteiger partial charge is 0.243 e. The Morgan fingerprint density at radius 1 is 1.00 bits per heavy atom. The van der Waals surface area contributed by atoms with Gasteiger partial charge in [-0.25, -0.2) is 0 Å². The first-order valence-electron chi connectivity index (χ1n) is 9.90. The molecule has 0 aliphatic rings. The molecule has 2 rings (SSSR count). The Labute approximate surface area is 178 Å². The maximum absolute atomic E-state index is 12.5. The molecular formula is C24H32N2O2S. The lowest BCUT2D eigenvalue weighted by atomic mass is 9.87. The van der Waals surface area contributed by atoms with Gasteiger partial charge >= 0.3 is 0 Å². The molecule has 0 aliphatic heterocycles. The molecule has 4 nitrogen and oxygen atoms in total. The normalized spacial score (nSPS) is 12.4. The van der Waals surface area contributed by atoms with E-state index in [1.807, 2.05) is 39.0 Å². The number of anilines is 1. The van der Waals surface area contributed by atoms with Crippen LogP contribution in [0, 0.1) is 20.8 Å². The van der Waals surface area contributed by atoms with E-state index in [1.165, 1.54) is 17.3 Å². The lowest BCUT2D eigenvalue weighted by molar-refractivity contribution is -0.123. The van der Waals surface area contributed by atoms with Gasteiger partial charge in [0.05, 0.1) is 11.8 Å². The number of amides is 2. The Bertz CT molecular complexity index is 880. The molecule has 0 saturated heterocycles. The van der Waals surface area contributed by atoms with Crippen LogP contribution >= 0.6 is 11.8 Å².